The monoisotopic (exact) mass is 240 g/mol. The molecular formula is C9H12N4O2S. The topological polar surface area (TPSA) is 66.7 Å². The number of fused-ring (bicyclic) bond motifs is 1. The number of nitrogens with one attached hydrogen (secondary N) is 1. The van der Waals surface area contributed by atoms with Crippen LogP contribution in [0.15, 0.2) is 30.6 Å². The van der Waals surface area contributed by atoms with E-state index in [-0.39, 0.29) is 5.95 Å². The van der Waals surface area contributed by atoms with Gasteiger partial charge < -0.3 is 0 Å². The van der Waals surface area contributed by atoms with Gasteiger partial charge in [0.1, 0.15) is 0 Å². The molecule has 7 heteroatoms. The molecule has 0 aliphatic rings. The van der Waals surface area contributed by atoms with Gasteiger partial charge >= 0.3 is 10.2 Å². The van der Waals surface area contributed by atoms with Crippen LogP contribution in [0.1, 0.15) is 0 Å². The van der Waals surface area contributed by atoms with Gasteiger partial charge in [-0.1, -0.05) is 6.07 Å². The van der Waals surface area contributed by atoms with Crippen molar-refractivity contribution in [2.75, 3.05) is 18.8 Å². The molecule has 2 aromatic rings. The highest BCUT2D eigenvalue weighted by atomic mass is 32.2. The summed E-state index contributed by atoms with van der Waals surface area (Å²) in [5, 5.41) is 0. The minimum Gasteiger partial charge on any atom is -0.285 e. The van der Waals surface area contributed by atoms with Crippen LogP contribution in [0, 0.1) is 0 Å². The average Bonchev–Trinajstić information content (AvgIpc) is 2.61. The Balaban J connectivity index is 2.43. The fourth-order valence-electron chi connectivity index (χ4n) is 1.23. The standard InChI is InChI=1S/C9H12N4O2S/c1-12(2)16(14,15)11-9-10-7-8-5-3-4-6-13(8)9/h3-7H,1-2H3,(H,10,11). The Kier molecular flexibility index (Phi) is 2.56. The predicted molar refractivity (Wildman–Crippen MR) is 61.4 cm³/mol. The molecule has 6 nitrogen and oxygen atoms in total. The lowest BCUT2D eigenvalue weighted by atomic mass is 10.4. The molecule has 0 aliphatic carbocycles. The average molecular weight is 240 g/mol. The van der Waals surface area contributed by atoms with Crippen LogP contribution in [-0.4, -0.2) is 36.2 Å². The van der Waals surface area contributed by atoms with Gasteiger partial charge in [-0.05, 0) is 12.1 Å². The van der Waals surface area contributed by atoms with Crippen molar-refractivity contribution in [3.05, 3.63) is 30.6 Å². The van der Waals surface area contributed by atoms with E-state index in [0.717, 1.165) is 9.82 Å². The van der Waals surface area contributed by atoms with Gasteiger partial charge in [0.05, 0.1) is 11.7 Å². The first-order chi connectivity index (χ1) is 7.50. The lowest BCUT2D eigenvalue weighted by Gasteiger charge is -2.12. The summed E-state index contributed by atoms with van der Waals surface area (Å²) in [6.07, 6.45) is 3.35. The summed E-state index contributed by atoms with van der Waals surface area (Å²) >= 11 is 0. The second-order valence-corrected chi connectivity index (χ2v) is 5.35. The molecule has 2 aromatic heterocycles. The SMILES string of the molecule is CN(C)S(=O)(=O)Nc1ncc2ccccn12. The minimum atomic E-state index is -3.51. The summed E-state index contributed by atoms with van der Waals surface area (Å²) in [6.45, 7) is 0. The van der Waals surface area contributed by atoms with Gasteiger partial charge in [0, 0.05) is 20.3 Å². The zero-order valence-corrected chi connectivity index (χ0v) is 9.77. The molecule has 0 aliphatic heterocycles. The van der Waals surface area contributed by atoms with E-state index >= 15 is 0 Å². The van der Waals surface area contributed by atoms with Crippen molar-refractivity contribution in [3.8, 4) is 0 Å². The number of pyridine rings is 1. The van der Waals surface area contributed by atoms with Gasteiger partial charge in [-0.3, -0.25) is 4.40 Å². The molecule has 0 saturated heterocycles. The van der Waals surface area contributed by atoms with Crippen LogP contribution in [0.3, 0.4) is 0 Å². The summed E-state index contributed by atoms with van der Waals surface area (Å²) in [6, 6.07) is 5.52. The number of hydrogen-bond donors (Lipinski definition) is 1. The van der Waals surface area contributed by atoms with E-state index in [1.54, 1.807) is 16.8 Å². The van der Waals surface area contributed by atoms with Crippen molar-refractivity contribution in [1.29, 1.82) is 0 Å². The van der Waals surface area contributed by atoms with Gasteiger partial charge in [0.25, 0.3) is 0 Å². The number of aromatic nitrogens is 2. The van der Waals surface area contributed by atoms with Crippen LogP contribution < -0.4 is 4.72 Å². The van der Waals surface area contributed by atoms with Crippen LogP contribution in [-0.2, 0) is 10.2 Å². The number of imidazole rings is 1. The lowest BCUT2D eigenvalue weighted by Crippen LogP contribution is -2.29. The molecule has 0 aromatic carbocycles. The molecular weight excluding hydrogens is 228 g/mol. The molecule has 0 fully saturated rings. The highest BCUT2D eigenvalue weighted by molar-refractivity contribution is 7.90. The maximum atomic E-state index is 11.6. The highest BCUT2D eigenvalue weighted by Crippen LogP contribution is 2.12. The third kappa shape index (κ3) is 1.86. The molecule has 0 amide bonds. The van der Waals surface area contributed by atoms with Gasteiger partial charge in [-0.25, -0.2) is 9.71 Å². The van der Waals surface area contributed by atoms with E-state index in [4.69, 9.17) is 0 Å². The fraction of sp³-hybridized carbons (Fsp3) is 0.222. The zero-order chi connectivity index (χ0) is 11.8. The zero-order valence-electron chi connectivity index (χ0n) is 8.95. The van der Waals surface area contributed by atoms with E-state index < -0.39 is 10.2 Å². The van der Waals surface area contributed by atoms with Crippen molar-refractivity contribution < 1.29 is 8.42 Å². The van der Waals surface area contributed by atoms with E-state index in [2.05, 4.69) is 9.71 Å². The molecule has 0 unspecified atom stereocenters. The predicted octanol–water partition coefficient (Wildman–Crippen LogP) is 0.553. The number of nitrogens with zero attached hydrogens (tertiary/aromatic N) is 3. The van der Waals surface area contributed by atoms with E-state index in [1.807, 2.05) is 18.2 Å². The Hall–Kier alpha value is -1.60. The normalized spacial score (nSPS) is 12.2. The lowest BCUT2D eigenvalue weighted by molar-refractivity contribution is 0.526. The highest BCUT2D eigenvalue weighted by Gasteiger charge is 2.15. The molecule has 0 atom stereocenters. The first-order valence-electron chi connectivity index (χ1n) is 4.63. The van der Waals surface area contributed by atoms with Gasteiger partial charge in [-0.15, -0.1) is 0 Å². The van der Waals surface area contributed by atoms with Crippen molar-refractivity contribution in [1.82, 2.24) is 13.7 Å². The molecule has 2 rings (SSSR count). The molecule has 0 radical (unpaired) electrons. The molecule has 0 spiro atoms. The Labute approximate surface area is 93.7 Å². The van der Waals surface area contributed by atoms with Crippen LogP contribution in [0.4, 0.5) is 5.95 Å². The maximum absolute atomic E-state index is 11.6. The third-order valence-corrected chi connectivity index (χ3v) is 3.54. The summed E-state index contributed by atoms with van der Waals surface area (Å²) < 4.78 is 28.4. The minimum absolute atomic E-state index is 0.282. The Morgan fingerprint density at radius 1 is 1.38 bits per heavy atom. The summed E-state index contributed by atoms with van der Waals surface area (Å²) in [5.74, 6) is 0.282. The largest absolute Gasteiger partial charge is 0.303 e. The second kappa shape index (κ2) is 3.76. The Morgan fingerprint density at radius 3 is 2.81 bits per heavy atom. The maximum Gasteiger partial charge on any atom is 0.303 e. The summed E-state index contributed by atoms with van der Waals surface area (Å²) in [7, 11) is -0.600. The summed E-state index contributed by atoms with van der Waals surface area (Å²) in [5.41, 5.74) is 0.832. The summed E-state index contributed by atoms with van der Waals surface area (Å²) in [4.78, 5) is 4.01. The van der Waals surface area contributed by atoms with Gasteiger partial charge in [-0.2, -0.15) is 12.7 Å². The van der Waals surface area contributed by atoms with Crippen LogP contribution in [0.25, 0.3) is 5.52 Å². The molecule has 86 valence electrons. The molecule has 1 N–H and O–H groups in total. The van der Waals surface area contributed by atoms with Crippen LogP contribution >= 0.6 is 0 Å². The number of rotatable bonds is 3. The van der Waals surface area contributed by atoms with Crippen molar-refractivity contribution >= 4 is 21.7 Å². The Morgan fingerprint density at radius 2 is 2.12 bits per heavy atom. The van der Waals surface area contributed by atoms with Gasteiger partial charge in [0.2, 0.25) is 5.95 Å². The smallest absolute Gasteiger partial charge is 0.285 e. The number of anilines is 1. The van der Waals surface area contributed by atoms with Crippen LogP contribution in [0.2, 0.25) is 0 Å². The van der Waals surface area contributed by atoms with Crippen molar-refractivity contribution in [2.24, 2.45) is 0 Å². The molecule has 16 heavy (non-hydrogen) atoms. The van der Waals surface area contributed by atoms with E-state index in [1.165, 1.54) is 14.1 Å². The third-order valence-electron chi connectivity index (χ3n) is 2.14. The Bertz CT molecular complexity index is 603. The second-order valence-electron chi connectivity index (χ2n) is 3.47. The van der Waals surface area contributed by atoms with Crippen LogP contribution in [0.5, 0.6) is 0 Å². The van der Waals surface area contributed by atoms with E-state index in [0.29, 0.717) is 0 Å². The van der Waals surface area contributed by atoms with E-state index in [9.17, 15) is 8.42 Å². The first-order valence-corrected chi connectivity index (χ1v) is 6.07. The molecule has 0 saturated carbocycles. The quantitative estimate of drug-likeness (QED) is 0.852. The molecule has 2 heterocycles. The van der Waals surface area contributed by atoms with Crippen molar-refractivity contribution in [2.45, 2.75) is 0 Å². The molecule has 0 bridgehead atoms. The number of hydrogen-bond acceptors (Lipinski definition) is 3. The fourth-order valence-corrected chi connectivity index (χ4v) is 1.79. The first kappa shape index (κ1) is 10.9. The van der Waals surface area contributed by atoms with Gasteiger partial charge in [0.15, 0.2) is 0 Å². The van der Waals surface area contributed by atoms with Crippen molar-refractivity contribution in [3.63, 3.8) is 0 Å².